The molecule has 1 saturated heterocycles. The molecule has 0 aromatic heterocycles. The Morgan fingerprint density at radius 3 is 2.00 bits per heavy atom. The lowest BCUT2D eigenvalue weighted by molar-refractivity contribution is 0.173. The molecule has 126 valence electrons. The molecule has 0 radical (unpaired) electrons. The van der Waals surface area contributed by atoms with Crippen LogP contribution >= 0.6 is 0 Å². The highest BCUT2D eigenvalue weighted by molar-refractivity contribution is 4.66. The fourth-order valence-electron chi connectivity index (χ4n) is 2.92. The van der Waals surface area contributed by atoms with Gasteiger partial charge in [0.2, 0.25) is 0 Å². The molecule has 1 fully saturated rings. The van der Waals surface area contributed by atoms with E-state index in [-0.39, 0.29) is 6.61 Å². The Hall–Kier alpha value is -0.200. The third-order valence-electron chi connectivity index (χ3n) is 4.42. The molecule has 0 bridgehead atoms. The summed E-state index contributed by atoms with van der Waals surface area (Å²) in [5.41, 5.74) is 0. The predicted octanol–water partition coefficient (Wildman–Crippen LogP) is 0.308. The fourth-order valence-corrected chi connectivity index (χ4v) is 2.92. The third kappa shape index (κ3) is 8.73. The molecule has 1 aliphatic rings. The van der Waals surface area contributed by atoms with Crippen LogP contribution in [0.15, 0.2) is 0 Å². The summed E-state index contributed by atoms with van der Waals surface area (Å²) in [5, 5.41) is 12.7. The van der Waals surface area contributed by atoms with Crippen LogP contribution in [0.2, 0.25) is 0 Å². The zero-order valence-electron chi connectivity index (χ0n) is 14.2. The first-order valence-electron chi connectivity index (χ1n) is 8.78. The minimum absolute atomic E-state index is 0.267. The van der Waals surface area contributed by atoms with Crippen LogP contribution in [0.5, 0.6) is 0 Å². The van der Waals surface area contributed by atoms with Crippen LogP contribution in [-0.4, -0.2) is 98.4 Å². The largest absolute Gasteiger partial charge is 0.395 e. The molecule has 0 saturated carbocycles. The Morgan fingerprint density at radius 1 is 0.762 bits per heavy atom. The van der Waals surface area contributed by atoms with Crippen molar-refractivity contribution in [2.75, 3.05) is 78.6 Å². The molecule has 1 heterocycles. The zero-order chi connectivity index (χ0) is 15.3. The van der Waals surface area contributed by atoms with Gasteiger partial charge in [-0.2, -0.15) is 0 Å². The SMILES string of the molecule is CCN1CCCNCCN(CCO)CCCN(CC)CC1. The maximum Gasteiger partial charge on any atom is 0.0558 e. The average molecular weight is 300 g/mol. The van der Waals surface area contributed by atoms with E-state index in [1.807, 2.05) is 0 Å². The van der Waals surface area contributed by atoms with Gasteiger partial charge in [0.15, 0.2) is 0 Å². The van der Waals surface area contributed by atoms with Crippen molar-refractivity contribution >= 4 is 0 Å². The maximum absolute atomic E-state index is 9.17. The molecule has 0 unspecified atom stereocenters. The minimum Gasteiger partial charge on any atom is -0.395 e. The van der Waals surface area contributed by atoms with E-state index < -0.39 is 0 Å². The summed E-state index contributed by atoms with van der Waals surface area (Å²) in [6, 6.07) is 0. The van der Waals surface area contributed by atoms with Crippen molar-refractivity contribution in [3.63, 3.8) is 0 Å². The van der Waals surface area contributed by atoms with E-state index in [4.69, 9.17) is 5.11 Å². The highest BCUT2D eigenvalue weighted by atomic mass is 16.3. The van der Waals surface area contributed by atoms with Gasteiger partial charge in [-0.15, -0.1) is 0 Å². The second-order valence-corrected chi connectivity index (χ2v) is 5.89. The molecule has 1 rings (SSSR count). The first-order chi connectivity index (χ1) is 10.3. The Morgan fingerprint density at radius 2 is 1.38 bits per heavy atom. The van der Waals surface area contributed by atoms with Crippen LogP contribution in [-0.2, 0) is 0 Å². The molecule has 5 heteroatoms. The summed E-state index contributed by atoms with van der Waals surface area (Å²) in [7, 11) is 0. The number of aliphatic hydroxyl groups excluding tert-OH is 1. The second kappa shape index (κ2) is 12.4. The number of likely N-dealkylation sites (N-methyl/N-ethyl adjacent to an activating group) is 2. The second-order valence-electron chi connectivity index (χ2n) is 5.89. The quantitative estimate of drug-likeness (QED) is 0.782. The normalized spacial score (nSPS) is 23.0. The molecule has 0 aliphatic carbocycles. The summed E-state index contributed by atoms with van der Waals surface area (Å²) in [4.78, 5) is 7.50. The van der Waals surface area contributed by atoms with E-state index >= 15 is 0 Å². The van der Waals surface area contributed by atoms with Gasteiger partial charge in [-0.05, 0) is 52.1 Å². The van der Waals surface area contributed by atoms with Gasteiger partial charge in [0.1, 0.15) is 0 Å². The Labute approximate surface area is 131 Å². The molecule has 21 heavy (non-hydrogen) atoms. The number of hydrogen-bond donors (Lipinski definition) is 2. The van der Waals surface area contributed by atoms with Crippen molar-refractivity contribution < 1.29 is 5.11 Å². The Balaban J connectivity index is 2.45. The lowest BCUT2D eigenvalue weighted by atomic mass is 10.3. The standard InChI is InChI=1S/C16H36N4O/c1-3-18-9-5-7-17-8-12-20(15-16-21)11-6-10-19(4-2)14-13-18/h17,21H,3-16H2,1-2H3. The smallest absolute Gasteiger partial charge is 0.0558 e. The van der Waals surface area contributed by atoms with Gasteiger partial charge >= 0.3 is 0 Å². The summed E-state index contributed by atoms with van der Waals surface area (Å²) < 4.78 is 0. The summed E-state index contributed by atoms with van der Waals surface area (Å²) >= 11 is 0. The Bertz CT molecular complexity index is 240. The number of nitrogens with one attached hydrogen (secondary N) is 1. The summed E-state index contributed by atoms with van der Waals surface area (Å²) in [6.07, 6.45) is 2.42. The van der Waals surface area contributed by atoms with Gasteiger partial charge in [0.25, 0.3) is 0 Å². The van der Waals surface area contributed by atoms with E-state index in [0.29, 0.717) is 0 Å². The molecule has 5 nitrogen and oxygen atoms in total. The van der Waals surface area contributed by atoms with Gasteiger partial charge in [0.05, 0.1) is 6.61 Å². The maximum atomic E-state index is 9.17. The summed E-state index contributed by atoms with van der Waals surface area (Å²) in [5.74, 6) is 0. The molecule has 1 aliphatic heterocycles. The van der Waals surface area contributed by atoms with E-state index in [2.05, 4.69) is 33.9 Å². The van der Waals surface area contributed by atoms with Gasteiger partial charge < -0.3 is 20.2 Å². The van der Waals surface area contributed by atoms with E-state index in [1.54, 1.807) is 0 Å². The minimum atomic E-state index is 0.267. The summed E-state index contributed by atoms with van der Waals surface area (Å²) in [6.45, 7) is 16.9. The van der Waals surface area contributed by atoms with E-state index in [1.165, 1.54) is 39.0 Å². The van der Waals surface area contributed by atoms with Gasteiger partial charge in [-0.25, -0.2) is 0 Å². The van der Waals surface area contributed by atoms with Crippen molar-refractivity contribution in [3.8, 4) is 0 Å². The Kier molecular flexibility index (Phi) is 11.1. The lowest BCUT2D eigenvalue weighted by Crippen LogP contribution is -2.40. The van der Waals surface area contributed by atoms with Crippen molar-refractivity contribution in [1.82, 2.24) is 20.0 Å². The van der Waals surface area contributed by atoms with Gasteiger partial charge in [0, 0.05) is 32.7 Å². The van der Waals surface area contributed by atoms with Gasteiger partial charge in [-0.3, -0.25) is 4.90 Å². The molecule has 0 aromatic carbocycles. The van der Waals surface area contributed by atoms with Crippen LogP contribution < -0.4 is 5.32 Å². The van der Waals surface area contributed by atoms with E-state index in [0.717, 1.165) is 45.8 Å². The van der Waals surface area contributed by atoms with Crippen LogP contribution in [0.3, 0.4) is 0 Å². The highest BCUT2D eigenvalue weighted by Gasteiger charge is 2.09. The number of β-amino-alcohol motifs (C(OH)–C–C–N with tert-alkyl or cyclic N) is 1. The van der Waals surface area contributed by atoms with Crippen LogP contribution in [0.4, 0.5) is 0 Å². The van der Waals surface area contributed by atoms with Crippen LogP contribution in [0, 0.1) is 0 Å². The fraction of sp³-hybridized carbons (Fsp3) is 1.00. The van der Waals surface area contributed by atoms with Crippen molar-refractivity contribution in [3.05, 3.63) is 0 Å². The predicted molar refractivity (Wildman–Crippen MR) is 89.9 cm³/mol. The third-order valence-corrected chi connectivity index (χ3v) is 4.42. The number of rotatable bonds is 4. The zero-order valence-corrected chi connectivity index (χ0v) is 14.2. The van der Waals surface area contributed by atoms with E-state index in [9.17, 15) is 0 Å². The number of aliphatic hydroxyl groups is 1. The van der Waals surface area contributed by atoms with Crippen molar-refractivity contribution in [1.29, 1.82) is 0 Å². The van der Waals surface area contributed by atoms with Crippen LogP contribution in [0.25, 0.3) is 0 Å². The highest BCUT2D eigenvalue weighted by Crippen LogP contribution is 1.99. The molecule has 0 atom stereocenters. The van der Waals surface area contributed by atoms with Gasteiger partial charge in [-0.1, -0.05) is 13.8 Å². The topological polar surface area (TPSA) is 42.0 Å². The monoisotopic (exact) mass is 300 g/mol. The number of nitrogens with zero attached hydrogens (tertiary/aromatic N) is 3. The molecular formula is C16H36N4O. The van der Waals surface area contributed by atoms with Crippen LogP contribution in [0.1, 0.15) is 26.7 Å². The molecule has 0 amide bonds. The first-order valence-corrected chi connectivity index (χ1v) is 8.78. The molecule has 2 N–H and O–H groups in total. The average Bonchev–Trinajstić information content (AvgIpc) is 2.50. The molecule has 0 aromatic rings. The first kappa shape index (κ1) is 18.8. The molecule has 0 spiro atoms. The molecular weight excluding hydrogens is 264 g/mol. The van der Waals surface area contributed by atoms with Crippen molar-refractivity contribution in [2.24, 2.45) is 0 Å². The lowest BCUT2D eigenvalue weighted by Gasteiger charge is -2.28. The van der Waals surface area contributed by atoms with Crippen molar-refractivity contribution in [2.45, 2.75) is 26.7 Å². The number of hydrogen-bond acceptors (Lipinski definition) is 5.